The van der Waals surface area contributed by atoms with Crippen molar-refractivity contribution in [2.75, 3.05) is 10.8 Å². The van der Waals surface area contributed by atoms with Crippen molar-refractivity contribution in [3.8, 4) is 6.07 Å². The van der Waals surface area contributed by atoms with E-state index in [0.29, 0.717) is 5.92 Å². The molecule has 4 rings (SSSR count). The second-order valence-electron chi connectivity index (χ2n) is 7.44. The molecule has 0 radical (unpaired) electrons. The van der Waals surface area contributed by atoms with Crippen molar-refractivity contribution in [1.29, 1.82) is 5.26 Å². The minimum absolute atomic E-state index is 0.00125. The number of hydrogen-bond acceptors (Lipinski definition) is 3. The van der Waals surface area contributed by atoms with Gasteiger partial charge in [-0.15, -0.1) is 0 Å². The zero-order valence-corrected chi connectivity index (χ0v) is 14.4. The Bertz CT molecular complexity index is 890. The number of fused-ring (bicyclic) bond motifs is 5. The van der Waals surface area contributed by atoms with Crippen molar-refractivity contribution in [3.63, 3.8) is 0 Å². The fourth-order valence-corrected chi connectivity index (χ4v) is 7.69. The van der Waals surface area contributed by atoms with Gasteiger partial charge in [0.25, 0.3) is 0 Å². The fraction of sp³-hybridized carbons (Fsp3) is 0.588. The highest BCUT2D eigenvalue weighted by Gasteiger charge is 2.68. The number of nitriles is 1. The molecule has 0 aromatic heterocycles. The number of alkyl halides is 3. The van der Waals surface area contributed by atoms with E-state index in [1.165, 1.54) is 12.1 Å². The van der Waals surface area contributed by atoms with Crippen LogP contribution in [-0.2, 0) is 16.2 Å². The predicted molar refractivity (Wildman–Crippen MR) is 85.2 cm³/mol. The number of hydrogen-bond donors (Lipinski definition) is 0. The average molecular weight is 370 g/mol. The number of nitrogens with zero attached hydrogens (tertiary/aromatic N) is 2. The molecule has 0 N–H and O–H groups in total. The molecule has 1 aliphatic heterocycles. The Kier molecular flexibility index (Phi) is 3.28. The minimum Gasteiger partial charge on any atom is -0.269 e. The summed E-state index contributed by atoms with van der Waals surface area (Å²) in [6.07, 6.45) is -1.94. The zero-order valence-electron chi connectivity index (χ0n) is 13.5. The molecule has 2 saturated carbocycles. The summed E-state index contributed by atoms with van der Waals surface area (Å²) in [5.74, 6) is 0.370. The van der Waals surface area contributed by atoms with Crippen LogP contribution in [0.1, 0.15) is 37.3 Å². The number of rotatable bonds is 1. The molecule has 0 spiro atoms. The van der Waals surface area contributed by atoms with Gasteiger partial charge in [0, 0.05) is 12.5 Å². The number of sulfonamides is 1. The lowest BCUT2D eigenvalue weighted by Gasteiger charge is -2.33. The summed E-state index contributed by atoms with van der Waals surface area (Å²) in [5.41, 5.74) is -1.59. The van der Waals surface area contributed by atoms with Gasteiger partial charge in [-0.05, 0) is 56.2 Å². The van der Waals surface area contributed by atoms with Gasteiger partial charge >= 0.3 is 6.18 Å². The zero-order chi connectivity index (χ0) is 18.2. The quantitative estimate of drug-likeness (QED) is 0.760. The van der Waals surface area contributed by atoms with E-state index in [1.807, 2.05) is 0 Å². The fourth-order valence-electron chi connectivity index (χ4n) is 5.18. The highest BCUT2D eigenvalue weighted by atomic mass is 32.2. The monoisotopic (exact) mass is 370 g/mol. The molecule has 2 bridgehead atoms. The first-order valence-electron chi connectivity index (χ1n) is 8.24. The highest BCUT2D eigenvalue weighted by Crippen LogP contribution is 2.62. The van der Waals surface area contributed by atoms with E-state index in [9.17, 15) is 21.6 Å². The van der Waals surface area contributed by atoms with Gasteiger partial charge in [0.05, 0.1) is 27.6 Å². The largest absolute Gasteiger partial charge is 0.417 e. The third-order valence-electron chi connectivity index (χ3n) is 6.51. The summed E-state index contributed by atoms with van der Waals surface area (Å²) in [6, 6.07) is 4.68. The molecule has 1 aromatic rings. The van der Waals surface area contributed by atoms with Crippen LogP contribution < -0.4 is 4.31 Å². The van der Waals surface area contributed by atoms with Crippen LogP contribution in [0.15, 0.2) is 18.2 Å². The van der Waals surface area contributed by atoms with Gasteiger partial charge in [-0.25, -0.2) is 8.42 Å². The molecule has 1 heterocycles. The van der Waals surface area contributed by atoms with E-state index in [0.717, 1.165) is 35.7 Å². The topological polar surface area (TPSA) is 61.2 Å². The van der Waals surface area contributed by atoms with Crippen LogP contribution in [0.5, 0.6) is 0 Å². The van der Waals surface area contributed by atoms with Gasteiger partial charge in [0.1, 0.15) is 0 Å². The molecule has 134 valence electrons. The first kappa shape index (κ1) is 16.7. The van der Waals surface area contributed by atoms with Crippen LogP contribution in [0.25, 0.3) is 0 Å². The molecule has 4 nitrogen and oxygen atoms in total. The molecule has 3 aliphatic rings. The summed E-state index contributed by atoms with van der Waals surface area (Å²) >= 11 is 0. The summed E-state index contributed by atoms with van der Waals surface area (Å²) in [4.78, 5) is 0. The van der Waals surface area contributed by atoms with Crippen molar-refractivity contribution >= 4 is 15.7 Å². The van der Waals surface area contributed by atoms with Gasteiger partial charge in [0.2, 0.25) is 10.0 Å². The number of halogens is 3. The molecule has 0 amide bonds. The predicted octanol–water partition coefficient (Wildman–Crippen LogP) is 3.53. The molecule has 4 atom stereocenters. The maximum Gasteiger partial charge on any atom is 0.417 e. The molecule has 3 fully saturated rings. The molecule has 25 heavy (non-hydrogen) atoms. The van der Waals surface area contributed by atoms with Crippen LogP contribution in [-0.4, -0.2) is 19.7 Å². The molecular weight excluding hydrogens is 353 g/mol. The standard InChI is InChI=1S/C17H17F3N2O2S/c1-16-12-4-2-10(6-12)15(16)9-22(25(16,23)24)13-5-3-11(8-21)14(7-13)17(18,19)20/h3,5,7,10,12,15H,2,4,6,9H2,1H3/t10-,12+,15+,16-/m1/s1. The van der Waals surface area contributed by atoms with Crippen molar-refractivity contribution in [1.82, 2.24) is 0 Å². The van der Waals surface area contributed by atoms with E-state index in [2.05, 4.69) is 0 Å². The molecule has 1 saturated heterocycles. The molecule has 8 heteroatoms. The Morgan fingerprint density at radius 1 is 1.32 bits per heavy atom. The second-order valence-corrected chi connectivity index (χ2v) is 9.71. The Morgan fingerprint density at radius 2 is 2.04 bits per heavy atom. The third-order valence-corrected chi connectivity index (χ3v) is 9.20. The maximum absolute atomic E-state index is 13.2. The lowest BCUT2D eigenvalue weighted by atomic mass is 9.79. The molecular formula is C17H17F3N2O2S. The van der Waals surface area contributed by atoms with Gasteiger partial charge in [-0.2, -0.15) is 18.4 Å². The Balaban J connectivity index is 1.81. The smallest absolute Gasteiger partial charge is 0.269 e. The first-order valence-corrected chi connectivity index (χ1v) is 9.68. The number of anilines is 1. The van der Waals surface area contributed by atoms with Crippen LogP contribution in [0, 0.1) is 29.1 Å². The summed E-state index contributed by atoms with van der Waals surface area (Å²) in [7, 11) is -3.75. The van der Waals surface area contributed by atoms with Gasteiger partial charge in [-0.1, -0.05) is 0 Å². The SMILES string of the molecule is C[C@@]12[C@H]3CC[C@H](C3)[C@@H]1CN(c1ccc(C#N)c(C(F)(F)F)c1)S2(=O)=O. The molecule has 0 unspecified atom stereocenters. The summed E-state index contributed by atoms with van der Waals surface area (Å²) in [5, 5.41) is 8.91. The Hall–Kier alpha value is -1.75. The lowest BCUT2D eigenvalue weighted by Crippen LogP contribution is -2.44. The van der Waals surface area contributed by atoms with Gasteiger partial charge in [0.15, 0.2) is 0 Å². The van der Waals surface area contributed by atoms with Crippen LogP contribution in [0.3, 0.4) is 0 Å². The van der Waals surface area contributed by atoms with E-state index in [1.54, 1.807) is 6.92 Å². The van der Waals surface area contributed by atoms with Gasteiger partial charge in [-0.3, -0.25) is 4.31 Å². The normalized spacial score (nSPS) is 35.6. The minimum atomic E-state index is -4.70. The number of benzene rings is 1. The molecule has 1 aromatic carbocycles. The summed E-state index contributed by atoms with van der Waals surface area (Å²) < 4.78 is 66.3. The van der Waals surface area contributed by atoms with Crippen LogP contribution in [0.4, 0.5) is 18.9 Å². The third kappa shape index (κ3) is 2.02. The van der Waals surface area contributed by atoms with E-state index < -0.39 is 32.1 Å². The van der Waals surface area contributed by atoms with Crippen molar-refractivity contribution in [2.24, 2.45) is 17.8 Å². The average Bonchev–Trinajstić information content (AvgIpc) is 3.17. The van der Waals surface area contributed by atoms with E-state index in [4.69, 9.17) is 5.26 Å². The van der Waals surface area contributed by atoms with E-state index in [-0.39, 0.29) is 24.1 Å². The lowest BCUT2D eigenvalue weighted by molar-refractivity contribution is -0.137. The first-order chi connectivity index (χ1) is 11.6. The highest BCUT2D eigenvalue weighted by molar-refractivity contribution is 7.94. The van der Waals surface area contributed by atoms with Crippen LogP contribution >= 0.6 is 0 Å². The maximum atomic E-state index is 13.2. The Morgan fingerprint density at radius 3 is 2.64 bits per heavy atom. The van der Waals surface area contributed by atoms with Crippen molar-refractivity contribution in [3.05, 3.63) is 29.3 Å². The molecule has 2 aliphatic carbocycles. The van der Waals surface area contributed by atoms with Crippen LogP contribution in [0.2, 0.25) is 0 Å². The Labute approximate surface area is 144 Å². The summed E-state index contributed by atoms with van der Waals surface area (Å²) in [6.45, 7) is 1.98. The van der Waals surface area contributed by atoms with Crippen molar-refractivity contribution < 1.29 is 21.6 Å². The second kappa shape index (κ2) is 4.91. The van der Waals surface area contributed by atoms with E-state index >= 15 is 0 Å². The van der Waals surface area contributed by atoms with Gasteiger partial charge < -0.3 is 0 Å². The van der Waals surface area contributed by atoms with Crippen molar-refractivity contribution in [2.45, 2.75) is 37.1 Å².